The molecule has 0 aliphatic carbocycles. The minimum atomic E-state index is -0.482. The van der Waals surface area contributed by atoms with Crippen LogP contribution in [-0.4, -0.2) is 56.0 Å². The van der Waals surface area contributed by atoms with Crippen molar-refractivity contribution in [2.75, 3.05) is 38.0 Å². The number of para-hydroxylation sites is 1. The van der Waals surface area contributed by atoms with E-state index in [2.05, 4.69) is 10.6 Å². The molecule has 0 radical (unpaired) electrons. The Labute approximate surface area is 181 Å². The average molecular weight is 425 g/mol. The van der Waals surface area contributed by atoms with Gasteiger partial charge in [0.15, 0.2) is 0 Å². The molecule has 1 fully saturated rings. The summed E-state index contributed by atoms with van der Waals surface area (Å²) in [5.41, 5.74) is 1.34. The molecule has 2 aromatic rings. The molecule has 31 heavy (non-hydrogen) atoms. The number of nitrogens with one attached hydrogen (secondary N) is 2. The van der Waals surface area contributed by atoms with Crippen LogP contribution < -0.4 is 15.4 Å². The molecular formula is C23H27N3O5. The van der Waals surface area contributed by atoms with Crippen LogP contribution in [0.2, 0.25) is 0 Å². The smallest absolute Gasteiger partial charge is 0.257 e. The predicted octanol–water partition coefficient (Wildman–Crippen LogP) is 2.77. The zero-order chi connectivity index (χ0) is 22.4. The Kier molecular flexibility index (Phi) is 7.25. The molecule has 1 saturated heterocycles. The Morgan fingerprint density at radius 3 is 2.48 bits per heavy atom. The molecule has 1 aliphatic rings. The number of anilines is 2. The van der Waals surface area contributed by atoms with Gasteiger partial charge < -0.3 is 25.0 Å². The highest BCUT2D eigenvalue weighted by atomic mass is 16.5. The number of amides is 3. The molecule has 0 bridgehead atoms. The van der Waals surface area contributed by atoms with Crippen LogP contribution in [0.1, 0.15) is 23.7 Å². The summed E-state index contributed by atoms with van der Waals surface area (Å²) in [6.45, 7) is 2.63. The second-order valence-electron chi connectivity index (χ2n) is 7.47. The van der Waals surface area contributed by atoms with Crippen molar-refractivity contribution in [3.63, 3.8) is 0 Å². The standard InChI is InChI=1S/C23H27N3O5/c1-15(14-30-2)26-13-16(12-21(26)27)22(28)25-20-7-5-4-6-19(20)23(29)24-17-8-10-18(31-3)11-9-17/h4-11,15-16H,12-14H2,1-3H3,(H,24,29)(H,25,28)/t15-,16-/m1/s1. The van der Waals surface area contributed by atoms with Crippen LogP contribution in [0.25, 0.3) is 0 Å². The summed E-state index contributed by atoms with van der Waals surface area (Å²) < 4.78 is 10.2. The number of ether oxygens (including phenoxy) is 2. The van der Waals surface area contributed by atoms with Crippen LogP contribution >= 0.6 is 0 Å². The normalized spacial score (nSPS) is 16.7. The van der Waals surface area contributed by atoms with Gasteiger partial charge in [-0.1, -0.05) is 12.1 Å². The molecule has 1 heterocycles. The molecule has 0 unspecified atom stereocenters. The summed E-state index contributed by atoms with van der Waals surface area (Å²) in [5, 5.41) is 5.63. The third-order valence-electron chi connectivity index (χ3n) is 5.25. The Hall–Kier alpha value is -3.39. The first-order chi connectivity index (χ1) is 14.9. The SMILES string of the molecule is COC[C@@H](C)N1C[C@H](C(=O)Nc2ccccc2C(=O)Nc2ccc(OC)cc2)CC1=O. The first-order valence-electron chi connectivity index (χ1n) is 10.1. The van der Waals surface area contributed by atoms with Crippen molar-refractivity contribution in [3.8, 4) is 5.75 Å². The molecule has 3 amide bonds. The number of benzene rings is 2. The zero-order valence-electron chi connectivity index (χ0n) is 17.9. The summed E-state index contributed by atoms with van der Waals surface area (Å²) in [6.07, 6.45) is 0.139. The highest BCUT2D eigenvalue weighted by molar-refractivity contribution is 6.10. The minimum Gasteiger partial charge on any atom is -0.497 e. The molecule has 3 rings (SSSR count). The lowest BCUT2D eigenvalue weighted by Gasteiger charge is -2.24. The first kappa shape index (κ1) is 22.3. The Morgan fingerprint density at radius 2 is 1.81 bits per heavy atom. The number of rotatable bonds is 8. The number of hydrogen-bond donors (Lipinski definition) is 2. The van der Waals surface area contributed by atoms with Gasteiger partial charge in [0.25, 0.3) is 5.91 Å². The lowest BCUT2D eigenvalue weighted by Crippen LogP contribution is -2.38. The van der Waals surface area contributed by atoms with E-state index < -0.39 is 5.92 Å². The summed E-state index contributed by atoms with van der Waals surface area (Å²) in [6, 6.07) is 13.6. The maximum absolute atomic E-state index is 12.8. The fourth-order valence-corrected chi connectivity index (χ4v) is 3.56. The van der Waals surface area contributed by atoms with Crippen molar-refractivity contribution in [3.05, 3.63) is 54.1 Å². The van der Waals surface area contributed by atoms with E-state index in [9.17, 15) is 14.4 Å². The van der Waals surface area contributed by atoms with Crippen LogP contribution in [0.3, 0.4) is 0 Å². The molecular weight excluding hydrogens is 398 g/mol. The van der Waals surface area contributed by atoms with Crippen molar-refractivity contribution in [2.24, 2.45) is 5.92 Å². The summed E-state index contributed by atoms with van der Waals surface area (Å²) in [4.78, 5) is 39.6. The fourth-order valence-electron chi connectivity index (χ4n) is 3.56. The molecule has 2 N–H and O–H groups in total. The molecule has 2 aromatic carbocycles. The molecule has 1 aliphatic heterocycles. The molecule has 164 valence electrons. The van der Waals surface area contributed by atoms with Gasteiger partial charge in [-0.3, -0.25) is 14.4 Å². The van der Waals surface area contributed by atoms with E-state index in [0.29, 0.717) is 35.8 Å². The topological polar surface area (TPSA) is 97.0 Å². The number of carbonyl (C=O) groups is 3. The Balaban J connectivity index is 1.68. The number of likely N-dealkylation sites (tertiary alicyclic amines) is 1. The molecule has 8 nitrogen and oxygen atoms in total. The van der Waals surface area contributed by atoms with Crippen LogP contribution in [0, 0.1) is 5.92 Å². The van der Waals surface area contributed by atoms with Crippen molar-refractivity contribution in [2.45, 2.75) is 19.4 Å². The van der Waals surface area contributed by atoms with Gasteiger partial charge in [0.05, 0.1) is 36.9 Å². The van der Waals surface area contributed by atoms with E-state index in [1.165, 1.54) is 0 Å². The lowest BCUT2D eigenvalue weighted by atomic mass is 10.1. The van der Waals surface area contributed by atoms with Crippen LogP contribution in [0.15, 0.2) is 48.5 Å². The number of hydrogen-bond acceptors (Lipinski definition) is 5. The first-order valence-corrected chi connectivity index (χ1v) is 10.1. The summed E-state index contributed by atoms with van der Waals surface area (Å²) in [7, 11) is 3.15. The van der Waals surface area contributed by atoms with Crippen LogP contribution in [-0.2, 0) is 14.3 Å². The Bertz CT molecular complexity index is 944. The Morgan fingerprint density at radius 1 is 1.10 bits per heavy atom. The lowest BCUT2D eigenvalue weighted by molar-refractivity contribution is -0.130. The second-order valence-corrected chi connectivity index (χ2v) is 7.47. The van der Waals surface area contributed by atoms with Crippen LogP contribution in [0.5, 0.6) is 5.75 Å². The van der Waals surface area contributed by atoms with E-state index in [-0.39, 0.29) is 30.2 Å². The van der Waals surface area contributed by atoms with E-state index >= 15 is 0 Å². The molecule has 2 atom stereocenters. The summed E-state index contributed by atoms with van der Waals surface area (Å²) >= 11 is 0. The van der Waals surface area contributed by atoms with E-state index in [1.54, 1.807) is 67.7 Å². The molecule has 0 spiro atoms. The highest BCUT2D eigenvalue weighted by Crippen LogP contribution is 2.24. The summed E-state index contributed by atoms with van der Waals surface area (Å²) in [5.74, 6) is -0.505. The zero-order valence-corrected chi connectivity index (χ0v) is 17.9. The monoisotopic (exact) mass is 425 g/mol. The third-order valence-corrected chi connectivity index (χ3v) is 5.25. The van der Waals surface area contributed by atoms with E-state index in [4.69, 9.17) is 9.47 Å². The maximum atomic E-state index is 12.8. The van der Waals surface area contributed by atoms with Gasteiger partial charge in [-0.05, 0) is 43.3 Å². The minimum absolute atomic E-state index is 0.0739. The van der Waals surface area contributed by atoms with E-state index in [0.717, 1.165) is 0 Å². The van der Waals surface area contributed by atoms with Crippen LogP contribution in [0.4, 0.5) is 11.4 Å². The number of nitrogens with zero attached hydrogens (tertiary/aromatic N) is 1. The van der Waals surface area contributed by atoms with Crippen molar-refractivity contribution >= 4 is 29.1 Å². The fraction of sp³-hybridized carbons (Fsp3) is 0.348. The third kappa shape index (κ3) is 5.40. The second kappa shape index (κ2) is 10.1. The molecule has 0 saturated carbocycles. The maximum Gasteiger partial charge on any atom is 0.257 e. The van der Waals surface area contributed by atoms with Gasteiger partial charge in [-0.25, -0.2) is 0 Å². The van der Waals surface area contributed by atoms with Gasteiger partial charge in [-0.15, -0.1) is 0 Å². The van der Waals surface area contributed by atoms with Gasteiger partial charge in [0.1, 0.15) is 5.75 Å². The number of methoxy groups -OCH3 is 2. The van der Waals surface area contributed by atoms with Gasteiger partial charge in [0.2, 0.25) is 11.8 Å². The highest BCUT2D eigenvalue weighted by Gasteiger charge is 2.36. The van der Waals surface area contributed by atoms with Gasteiger partial charge >= 0.3 is 0 Å². The van der Waals surface area contributed by atoms with E-state index in [1.807, 2.05) is 6.92 Å². The molecule has 8 heteroatoms. The molecule has 0 aromatic heterocycles. The quantitative estimate of drug-likeness (QED) is 0.678. The average Bonchev–Trinajstić information content (AvgIpc) is 3.16. The van der Waals surface area contributed by atoms with Gasteiger partial charge in [0, 0.05) is 25.8 Å². The number of carbonyl (C=O) groups excluding carboxylic acids is 3. The van der Waals surface area contributed by atoms with Crippen molar-refractivity contribution in [1.82, 2.24) is 4.90 Å². The van der Waals surface area contributed by atoms with Crippen molar-refractivity contribution < 1.29 is 23.9 Å². The predicted molar refractivity (Wildman–Crippen MR) is 117 cm³/mol. The largest absolute Gasteiger partial charge is 0.497 e. The van der Waals surface area contributed by atoms with Crippen molar-refractivity contribution in [1.29, 1.82) is 0 Å². The van der Waals surface area contributed by atoms with Gasteiger partial charge in [-0.2, -0.15) is 0 Å².